The normalized spacial score (nSPS) is 24.8. The summed E-state index contributed by atoms with van der Waals surface area (Å²) < 4.78 is 0. The molecule has 140 valence electrons. The van der Waals surface area contributed by atoms with Crippen LogP contribution in [0.15, 0.2) is 48.6 Å². The van der Waals surface area contributed by atoms with Gasteiger partial charge in [-0.25, -0.2) is 0 Å². The summed E-state index contributed by atoms with van der Waals surface area (Å²) in [6, 6.07) is 10.2. The number of allylic oxidation sites excluding steroid dienone is 2. The van der Waals surface area contributed by atoms with Crippen LogP contribution in [0, 0.1) is 11.8 Å². The molecule has 0 saturated carbocycles. The van der Waals surface area contributed by atoms with Gasteiger partial charge < -0.3 is 4.90 Å². The Morgan fingerprint density at radius 3 is 2.26 bits per heavy atom. The largest absolute Gasteiger partial charge is 0.339 e. The molecule has 5 nitrogen and oxygen atoms in total. The summed E-state index contributed by atoms with van der Waals surface area (Å²) in [6.45, 7) is 1.46. The lowest BCUT2D eigenvalue weighted by molar-refractivity contribution is -0.140. The second-order valence-corrected chi connectivity index (χ2v) is 7.42. The summed E-state index contributed by atoms with van der Waals surface area (Å²) in [5, 5.41) is 0. The lowest BCUT2D eigenvalue weighted by Crippen LogP contribution is -2.39. The molecule has 2 aliphatic heterocycles. The predicted octanol–water partition coefficient (Wildman–Crippen LogP) is 2.64. The van der Waals surface area contributed by atoms with E-state index in [0.717, 1.165) is 6.42 Å². The molecule has 1 aliphatic carbocycles. The van der Waals surface area contributed by atoms with E-state index >= 15 is 0 Å². The summed E-state index contributed by atoms with van der Waals surface area (Å²) >= 11 is 0. The summed E-state index contributed by atoms with van der Waals surface area (Å²) in [6.07, 6.45) is 8.36. The Labute approximate surface area is 159 Å². The van der Waals surface area contributed by atoms with E-state index < -0.39 is 0 Å². The van der Waals surface area contributed by atoms with Gasteiger partial charge in [0.25, 0.3) is 0 Å². The van der Waals surface area contributed by atoms with E-state index in [9.17, 15) is 14.4 Å². The molecule has 0 bridgehead atoms. The van der Waals surface area contributed by atoms with Gasteiger partial charge in [-0.1, -0.05) is 48.6 Å². The van der Waals surface area contributed by atoms with Gasteiger partial charge in [0.1, 0.15) is 0 Å². The van der Waals surface area contributed by atoms with Crippen molar-refractivity contribution in [3.8, 4) is 0 Å². The highest BCUT2D eigenvalue weighted by Crippen LogP contribution is 2.35. The fourth-order valence-corrected chi connectivity index (χ4v) is 4.27. The minimum atomic E-state index is -0.219. The fraction of sp³-hybridized carbons (Fsp3) is 0.409. The number of rotatable bonds is 4. The average Bonchev–Trinajstić information content (AvgIpc) is 2.97. The van der Waals surface area contributed by atoms with Crippen LogP contribution in [0.5, 0.6) is 0 Å². The molecule has 0 radical (unpaired) electrons. The lowest BCUT2D eigenvalue weighted by Gasteiger charge is -2.27. The molecule has 0 aromatic heterocycles. The molecular weight excluding hydrogens is 340 g/mol. The van der Waals surface area contributed by atoms with Crippen molar-refractivity contribution < 1.29 is 14.4 Å². The molecule has 2 atom stereocenters. The van der Waals surface area contributed by atoms with Crippen LogP contribution in [0.3, 0.4) is 0 Å². The van der Waals surface area contributed by atoms with Crippen molar-refractivity contribution in [3.63, 3.8) is 0 Å². The first kappa shape index (κ1) is 17.7. The van der Waals surface area contributed by atoms with Gasteiger partial charge in [-0.3, -0.25) is 19.3 Å². The van der Waals surface area contributed by atoms with Crippen molar-refractivity contribution in [1.82, 2.24) is 9.80 Å². The maximum atomic E-state index is 12.6. The third-order valence-corrected chi connectivity index (χ3v) is 5.85. The Morgan fingerprint density at radius 1 is 1.00 bits per heavy atom. The fourth-order valence-electron chi connectivity index (χ4n) is 4.27. The second-order valence-electron chi connectivity index (χ2n) is 7.42. The lowest BCUT2D eigenvalue weighted by atomic mass is 9.85. The van der Waals surface area contributed by atoms with Crippen molar-refractivity contribution in [2.75, 3.05) is 19.6 Å². The maximum absolute atomic E-state index is 12.6. The van der Waals surface area contributed by atoms with Crippen molar-refractivity contribution >= 4 is 23.3 Å². The van der Waals surface area contributed by atoms with E-state index in [-0.39, 0.29) is 42.5 Å². The molecule has 1 fully saturated rings. The maximum Gasteiger partial charge on any atom is 0.233 e. The van der Waals surface area contributed by atoms with E-state index in [4.69, 9.17) is 0 Å². The molecule has 1 aromatic carbocycles. The Balaban J connectivity index is 1.32. The molecule has 0 unspecified atom stereocenters. The van der Waals surface area contributed by atoms with Crippen LogP contribution < -0.4 is 0 Å². The molecule has 27 heavy (non-hydrogen) atoms. The highest BCUT2D eigenvalue weighted by atomic mass is 16.2. The summed E-state index contributed by atoms with van der Waals surface area (Å²) in [7, 11) is 0. The van der Waals surface area contributed by atoms with Gasteiger partial charge in [0.2, 0.25) is 17.7 Å². The molecule has 3 aliphatic rings. The van der Waals surface area contributed by atoms with Gasteiger partial charge in [-0.2, -0.15) is 0 Å². The smallest absolute Gasteiger partial charge is 0.233 e. The van der Waals surface area contributed by atoms with E-state index in [1.807, 2.05) is 35.3 Å². The molecule has 3 amide bonds. The van der Waals surface area contributed by atoms with Crippen LogP contribution in [-0.4, -0.2) is 47.2 Å². The van der Waals surface area contributed by atoms with Gasteiger partial charge in [-0.15, -0.1) is 0 Å². The number of imide groups is 1. The van der Waals surface area contributed by atoms with E-state index in [1.165, 1.54) is 16.0 Å². The van der Waals surface area contributed by atoms with Gasteiger partial charge in [-0.05, 0) is 30.4 Å². The third-order valence-electron chi connectivity index (χ3n) is 5.85. The number of carbonyl (C=O) groups is 3. The van der Waals surface area contributed by atoms with Crippen LogP contribution in [0.4, 0.5) is 0 Å². The molecule has 1 aromatic rings. The SMILES string of the molecule is O=C(CCN1C(=O)[C@H]2CC=CC[C@H]2C1=O)N1CC=C(c2ccccc2)CC1. The summed E-state index contributed by atoms with van der Waals surface area (Å²) in [5.41, 5.74) is 2.47. The number of amides is 3. The molecule has 2 heterocycles. The van der Waals surface area contributed by atoms with E-state index in [2.05, 4.69) is 18.2 Å². The Hall–Kier alpha value is -2.69. The topological polar surface area (TPSA) is 57.7 Å². The summed E-state index contributed by atoms with van der Waals surface area (Å²) in [5.74, 6) is -0.640. The highest BCUT2D eigenvalue weighted by Gasteiger charge is 2.47. The minimum absolute atomic E-state index is 0.00644. The van der Waals surface area contributed by atoms with Gasteiger partial charge >= 0.3 is 0 Å². The van der Waals surface area contributed by atoms with Crippen LogP contribution in [0.1, 0.15) is 31.2 Å². The first-order valence-electron chi connectivity index (χ1n) is 9.67. The zero-order chi connectivity index (χ0) is 18.8. The van der Waals surface area contributed by atoms with Crippen molar-refractivity contribution in [2.45, 2.75) is 25.7 Å². The van der Waals surface area contributed by atoms with E-state index in [0.29, 0.717) is 25.9 Å². The molecule has 4 rings (SSSR count). The quantitative estimate of drug-likeness (QED) is 0.610. The number of benzene rings is 1. The zero-order valence-electron chi connectivity index (χ0n) is 15.3. The molecule has 0 N–H and O–H groups in total. The van der Waals surface area contributed by atoms with Crippen LogP contribution in [-0.2, 0) is 14.4 Å². The molecular formula is C22H24N2O3. The Morgan fingerprint density at radius 2 is 1.67 bits per heavy atom. The van der Waals surface area contributed by atoms with Crippen molar-refractivity contribution in [1.29, 1.82) is 0 Å². The van der Waals surface area contributed by atoms with Crippen molar-refractivity contribution in [3.05, 3.63) is 54.1 Å². The average molecular weight is 364 g/mol. The highest BCUT2D eigenvalue weighted by molar-refractivity contribution is 6.05. The first-order valence-corrected chi connectivity index (χ1v) is 9.67. The summed E-state index contributed by atoms with van der Waals surface area (Å²) in [4.78, 5) is 40.6. The minimum Gasteiger partial charge on any atom is -0.339 e. The van der Waals surface area contributed by atoms with Gasteiger partial charge in [0.05, 0.1) is 11.8 Å². The molecule has 5 heteroatoms. The Kier molecular flexibility index (Phi) is 4.92. The number of nitrogens with zero attached hydrogens (tertiary/aromatic N) is 2. The molecule has 1 saturated heterocycles. The van der Waals surface area contributed by atoms with E-state index in [1.54, 1.807) is 0 Å². The van der Waals surface area contributed by atoms with Crippen LogP contribution >= 0.6 is 0 Å². The number of hydrogen-bond donors (Lipinski definition) is 0. The number of hydrogen-bond acceptors (Lipinski definition) is 3. The standard InChI is InChI=1S/C22H24N2O3/c25-20(23-13-10-17(11-14-23)16-6-2-1-3-7-16)12-15-24-21(26)18-8-4-5-9-19(18)22(24)27/h1-7,10,18-19H,8-9,11-15H2/t18-,19+. The van der Waals surface area contributed by atoms with Gasteiger partial charge in [0, 0.05) is 26.1 Å². The van der Waals surface area contributed by atoms with Crippen LogP contribution in [0.2, 0.25) is 0 Å². The third kappa shape index (κ3) is 3.46. The number of fused-ring (bicyclic) bond motifs is 1. The monoisotopic (exact) mass is 364 g/mol. The zero-order valence-corrected chi connectivity index (χ0v) is 15.3. The number of carbonyl (C=O) groups excluding carboxylic acids is 3. The second kappa shape index (κ2) is 7.51. The van der Waals surface area contributed by atoms with Crippen molar-refractivity contribution in [2.24, 2.45) is 11.8 Å². The first-order chi connectivity index (χ1) is 13.1. The van der Waals surface area contributed by atoms with Crippen LogP contribution in [0.25, 0.3) is 5.57 Å². The van der Waals surface area contributed by atoms with Gasteiger partial charge in [0.15, 0.2) is 0 Å². The Bertz CT molecular complexity index is 786. The molecule has 0 spiro atoms. The predicted molar refractivity (Wildman–Crippen MR) is 102 cm³/mol. The number of likely N-dealkylation sites (tertiary alicyclic amines) is 1.